The molecule has 0 aliphatic carbocycles. The van der Waals surface area contributed by atoms with Crippen molar-refractivity contribution in [2.45, 2.75) is 6.04 Å². The molecule has 26 heavy (non-hydrogen) atoms. The maximum absolute atomic E-state index is 13.4. The fourth-order valence-corrected chi connectivity index (χ4v) is 4.22. The minimum absolute atomic E-state index is 0.0285. The lowest BCUT2D eigenvalue weighted by atomic mass is 9.95. The van der Waals surface area contributed by atoms with E-state index in [0.29, 0.717) is 15.6 Å². The fourth-order valence-electron chi connectivity index (χ4n) is 2.87. The lowest BCUT2D eigenvalue weighted by Gasteiger charge is -2.24. The molecule has 1 atom stereocenters. The first-order valence-electron chi connectivity index (χ1n) is 7.58. The van der Waals surface area contributed by atoms with Gasteiger partial charge in [0.2, 0.25) is 5.78 Å². The number of thiophene rings is 1. The molecule has 3 aromatic rings. The molecule has 0 bridgehead atoms. The van der Waals surface area contributed by atoms with Gasteiger partial charge in [0.25, 0.3) is 5.91 Å². The number of Topliss-reactive ketones (excluding diaryl/α,β-unsaturated/α-hetero) is 1. The maximum atomic E-state index is 13.4. The number of hydrogen-bond acceptors (Lipinski definition) is 6. The summed E-state index contributed by atoms with van der Waals surface area (Å²) in [6.07, 6.45) is 1.53. The second kappa shape index (κ2) is 6.47. The largest absolute Gasteiger partial charge is 0.503 e. The number of carbonyl (C=O) groups excluding carboxylic acids is 2. The average molecular weight is 386 g/mol. The van der Waals surface area contributed by atoms with E-state index in [1.807, 2.05) is 0 Å². The number of ketones is 1. The van der Waals surface area contributed by atoms with Crippen LogP contribution in [-0.4, -0.2) is 21.8 Å². The highest BCUT2D eigenvalue weighted by molar-refractivity contribution is 7.14. The van der Waals surface area contributed by atoms with Gasteiger partial charge in [-0.25, -0.2) is 9.37 Å². The molecule has 3 heterocycles. The van der Waals surface area contributed by atoms with Crippen molar-refractivity contribution in [1.29, 1.82) is 0 Å². The number of aromatic nitrogens is 1. The molecular weight excluding hydrogens is 375 g/mol. The Morgan fingerprint density at radius 1 is 1.15 bits per heavy atom. The molecule has 130 valence electrons. The molecule has 1 aliphatic heterocycles. The summed E-state index contributed by atoms with van der Waals surface area (Å²) in [4.78, 5) is 31.5. The Labute approximate surface area is 155 Å². The van der Waals surface area contributed by atoms with Crippen LogP contribution in [0, 0.1) is 5.82 Å². The molecule has 0 radical (unpaired) electrons. The number of rotatable bonds is 4. The molecule has 2 aromatic heterocycles. The number of aliphatic hydroxyl groups excluding tert-OH is 1. The Balaban J connectivity index is 1.88. The van der Waals surface area contributed by atoms with Crippen LogP contribution in [0.4, 0.5) is 9.52 Å². The lowest BCUT2D eigenvalue weighted by Crippen LogP contribution is -2.30. The second-order valence-corrected chi connectivity index (χ2v) is 7.33. The van der Waals surface area contributed by atoms with Gasteiger partial charge in [-0.05, 0) is 29.1 Å². The third kappa shape index (κ3) is 2.63. The topological polar surface area (TPSA) is 70.5 Å². The first-order valence-corrected chi connectivity index (χ1v) is 9.33. The number of anilines is 1. The van der Waals surface area contributed by atoms with Crippen molar-refractivity contribution in [2.24, 2.45) is 0 Å². The van der Waals surface area contributed by atoms with Crippen LogP contribution < -0.4 is 4.90 Å². The van der Waals surface area contributed by atoms with Crippen LogP contribution in [0.5, 0.6) is 0 Å². The number of benzene rings is 1. The predicted octanol–water partition coefficient (Wildman–Crippen LogP) is 4.13. The monoisotopic (exact) mass is 386 g/mol. The molecule has 1 amide bonds. The van der Waals surface area contributed by atoms with Gasteiger partial charge in [0.05, 0.1) is 16.5 Å². The van der Waals surface area contributed by atoms with Crippen LogP contribution in [-0.2, 0) is 4.79 Å². The maximum Gasteiger partial charge on any atom is 0.296 e. The number of thiazole rings is 1. The first-order chi connectivity index (χ1) is 12.6. The number of hydrogen-bond donors (Lipinski definition) is 1. The minimum atomic E-state index is -0.871. The molecule has 0 fully saturated rings. The number of amides is 1. The van der Waals surface area contributed by atoms with Crippen LogP contribution in [0.3, 0.4) is 0 Å². The normalized spacial score (nSPS) is 17.2. The number of halogens is 1. The van der Waals surface area contributed by atoms with E-state index in [1.54, 1.807) is 22.9 Å². The number of nitrogens with zero attached hydrogens (tertiary/aromatic N) is 2. The van der Waals surface area contributed by atoms with E-state index < -0.39 is 29.3 Å². The summed E-state index contributed by atoms with van der Waals surface area (Å²) in [6, 6.07) is 7.97. The molecule has 8 heteroatoms. The summed E-state index contributed by atoms with van der Waals surface area (Å²) in [5.41, 5.74) is 0.484. The average Bonchev–Trinajstić information content (AvgIpc) is 3.38. The Hall–Kier alpha value is -2.84. The third-order valence-electron chi connectivity index (χ3n) is 4.01. The van der Waals surface area contributed by atoms with Crippen LogP contribution in [0.25, 0.3) is 0 Å². The smallest absolute Gasteiger partial charge is 0.296 e. The van der Waals surface area contributed by atoms with Crippen LogP contribution in [0.15, 0.2) is 64.7 Å². The Morgan fingerprint density at radius 2 is 1.92 bits per heavy atom. The van der Waals surface area contributed by atoms with E-state index in [2.05, 4.69) is 4.98 Å². The van der Waals surface area contributed by atoms with E-state index in [-0.39, 0.29) is 5.57 Å². The quantitative estimate of drug-likeness (QED) is 0.685. The highest BCUT2D eigenvalue weighted by Crippen LogP contribution is 2.42. The molecule has 1 aromatic carbocycles. The van der Waals surface area contributed by atoms with Gasteiger partial charge in [0.1, 0.15) is 5.82 Å². The van der Waals surface area contributed by atoms with E-state index in [4.69, 9.17) is 0 Å². The van der Waals surface area contributed by atoms with Gasteiger partial charge in [-0.1, -0.05) is 18.2 Å². The van der Waals surface area contributed by atoms with Crippen LogP contribution >= 0.6 is 22.7 Å². The van der Waals surface area contributed by atoms with Crippen molar-refractivity contribution in [3.63, 3.8) is 0 Å². The Kier molecular flexibility index (Phi) is 4.14. The van der Waals surface area contributed by atoms with E-state index in [0.717, 1.165) is 0 Å². The first kappa shape index (κ1) is 16.6. The second-order valence-electron chi connectivity index (χ2n) is 5.51. The molecule has 0 saturated carbocycles. The Bertz CT molecular complexity index is 996. The number of aliphatic hydroxyl groups is 1. The minimum Gasteiger partial charge on any atom is -0.503 e. The summed E-state index contributed by atoms with van der Waals surface area (Å²) < 4.78 is 13.4. The van der Waals surface area contributed by atoms with Gasteiger partial charge in [0.15, 0.2) is 10.9 Å². The van der Waals surface area contributed by atoms with Crippen molar-refractivity contribution in [2.75, 3.05) is 4.90 Å². The van der Waals surface area contributed by atoms with E-state index >= 15 is 0 Å². The summed E-state index contributed by atoms with van der Waals surface area (Å²) in [6.45, 7) is 0. The van der Waals surface area contributed by atoms with E-state index in [1.165, 1.54) is 58.0 Å². The SMILES string of the molecule is O=C(C1=C(O)C(=O)N(c2nccs2)[C@H]1c1ccc(F)cc1)c1cccs1. The van der Waals surface area contributed by atoms with Crippen LogP contribution in [0.1, 0.15) is 21.3 Å². The molecule has 0 saturated heterocycles. The predicted molar refractivity (Wildman–Crippen MR) is 97.0 cm³/mol. The number of carbonyl (C=O) groups is 2. The molecule has 5 nitrogen and oxygen atoms in total. The molecule has 0 spiro atoms. The van der Waals surface area contributed by atoms with Gasteiger partial charge < -0.3 is 5.11 Å². The molecule has 0 unspecified atom stereocenters. The van der Waals surface area contributed by atoms with Crippen LogP contribution in [0.2, 0.25) is 0 Å². The van der Waals surface area contributed by atoms with Gasteiger partial charge in [-0.15, -0.1) is 22.7 Å². The molecule has 4 rings (SSSR count). The highest BCUT2D eigenvalue weighted by atomic mass is 32.1. The third-order valence-corrected chi connectivity index (χ3v) is 5.65. The van der Waals surface area contributed by atoms with Gasteiger partial charge in [-0.3, -0.25) is 14.5 Å². The van der Waals surface area contributed by atoms with Crippen molar-refractivity contribution in [3.8, 4) is 0 Å². The standard InChI is InChI=1S/C18H11FN2O3S2/c19-11-5-3-10(4-6-11)14-13(15(22)12-2-1-8-25-12)16(23)17(24)21(14)18-20-7-9-26-18/h1-9,14,23H/t14-/m0/s1. The zero-order valence-electron chi connectivity index (χ0n) is 13.1. The molecule has 1 aliphatic rings. The summed E-state index contributed by atoms with van der Waals surface area (Å²) >= 11 is 2.43. The Morgan fingerprint density at radius 3 is 2.54 bits per heavy atom. The lowest BCUT2D eigenvalue weighted by molar-refractivity contribution is -0.117. The summed E-state index contributed by atoms with van der Waals surface area (Å²) in [5, 5.41) is 14.2. The highest BCUT2D eigenvalue weighted by Gasteiger charge is 2.45. The van der Waals surface area contributed by atoms with Crippen molar-refractivity contribution >= 4 is 39.5 Å². The van der Waals surface area contributed by atoms with Crippen molar-refractivity contribution in [3.05, 3.63) is 80.9 Å². The zero-order valence-corrected chi connectivity index (χ0v) is 14.8. The molecule has 1 N–H and O–H groups in total. The summed E-state index contributed by atoms with van der Waals surface area (Å²) in [7, 11) is 0. The van der Waals surface area contributed by atoms with Gasteiger partial charge in [0, 0.05) is 11.6 Å². The fraction of sp³-hybridized carbons (Fsp3) is 0.0556. The van der Waals surface area contributed by atoms with E-state index in [9.17, 15) is 19.1 Å². The molecular formula is C18H11FN2O3S2. The van der Waals surface area contributed by atoms with Crippen molar-refractivity contribution in [1.82, 2.24) is 4.98 Å². The zero-order chi connectivity index (χ0) is 18.3. The summed E-state index contributed by atoms with van der Waals surface area (Å²) in [5.74, 6) is -2.17. The van der Waals surface area contributed by atoms with Crippen molar-refractivity contribution < 1.29 is 19.1 Å². The van der Waals surface area contributed by atoms with Gasteiger partial charge >= 0.3 is 0 Å². The van der Waals surface area contributed by atoms with Gasteiger partial charge in [-0.2, -0.15) is 0 Å².